The van der Waals surface area contributed by atoms with Gasteiger partial charge in [-0.25, -0.2) is 0 Å². The molecule has 0 radical (unpaired) electrons. The molecule has 0 bridgehead atoms. The maximum Gasteiger partial charge on any atom is 0.0231 e. The Morgan fingerprint density at radius 3 is 2.71 bits per heavy atom. The molecule has 0 aliphatic rings. The summed E-state index contributed by atoms with van der Waals surface area (Å²) in [6.07, 6.45) is 3.95. The Hall–Kier alpha value is 0.01000. The zero-order chi connectivity index (χ0) is 12.5. The lowest BCUT2D eigenvalue weighted by Gasteiger charge is -2.07. The van der Waals surface area contributed by atoms with E-state index in [0.29, 0.717) is 0 Å². The molecule has 1 aromatic carbocycles. The molecule has 0 atom stereocenters. The van der Waals surface area contributed by atoms with Crippen molar-refractivity contribution in [2.45, 2.75) is 44.6 Å². The molecule has 0 spiro atoms. The molecule has 0 aliphatic carbocycles. The second kappa shape index (κ2) is 9.01. The van der Waals surface area contributed by atoms with Crippen molar-refractivity contribution < 1.29 is 0 Å². The van der Waals surface area contributed by atoms with E-state index in [2.05, 4.69) is 53.3 Å². The van der Waals surface area contributed by atoms with Crippen LogP contribution in [0.25, 0.3) is 0 Å². The number of thioether (sulfide) groups is 1. The molecule has 0 heterocycles. The number of hydrogen-bond acceptors (Lipinski definition) is 2. The van der Waals surface area contributed by atoms with Crippen molar-refractivity contribution in [3.8, 4) is 0 Å². The monoisotopic (exact) mass is 315 g/mol. The second-order valence-corrected chi connectivity index (χ2v) is 6.11. The van der Waals surface area contributed by atoms with Gasteiger partial charge in [-0.2, -0.15) is 0 Å². The van der Waals surface area contributed by atoms with Crippen LogP contribution in [0.15, 0.2) is 27.6 Å². The summed E-state index contributed by atoms with van der Waals surface area (Å²) in [5, 5.41) is 3.35. The SMILES string of the molecule is CCCCCSc1ccc(CNCC)c(Br)c1. The largest absolute Gasteiger partial charge is 0.313 e. The fourth-order valence-electron chi connectivity index (χ4n) is 1.56. The van der Waals surface area contributed by atoms with E-state index >= 15 is 0 Å². The summed E-state index contributed by atoms with van der Waals surface area (Å²) >= 11 is 5.60. The van der Waals surface area contributed by atoms with E-state index in [1.54, 1.807) is 0 Å². The third kappa shape index (κ3) is 5.94. The van der Waals surface area contributed by atoms with Crippen molar-refractivity contribution in [3.05, 3.63) is 28.2 Å². The van der Waals surface area contributed by atoms with Gasteiger partial charge in [0.2, 0.25) is 0 Å². The maximum atomic E-state index is 3.65. The van der Waals surface area contributed by atoms with Crippen molar-refractivity contribution in [3.63, 3.8) is 0 Å². The third-order valence-corrected chi connectivity index (χ3v) is 4.42. The van der Waals surface area contributed by atoms with E-state index in [9.17, 15) is 0 Å². The fourth-order valence-corrected chi connectivity index (χ4v) is 3.18. The Kier molecular flexibility index (Phi) is 7.99. The number of unbranched alkanes of at least 4 members (excludes halogenated alkanes) is 2. The molecular formula is C14H22BrNS. The van der Waals surface area contributed by atoms with Gasteiger partial charge < -0.3 is 5.32 Å². The summed E-state index contributed by atoms with van der Waals surface area (Å²) in [5.41, 5.74) is 1.34. The highest BCUT2D eigenvalue weighted by atomic mass is 79.9. The Morgan fingerprint density at radius 1 is 1.24 bits per heavy atom. The molecular weight excluding hydrogens is 294 g/mol. The minimum atomic E-state index is 0.942. The molecule has 3 heteroatoms. The van der Waals surface area contributed by atoms with Crippen LogP contribution in [-0.2, 0) is 6.54 Å². The standard InChI is InChI=1S/C14H22BrNS/c1-3-5-6-9-17-13-8-7-12(11-16-4-2)14(15)10-13/h7-8,10,16H,3-6,9,11H2,1-2H3. The predicted octanol–water partition coefficient (Wildman–Crippen LogP) is 4.84. The average molecular weight is 316 g/mol. The quantitative estimate of drug-likeness (QED) is 0.544. The van der Waals surface area contributed by atoms with Crippen LogP contribution >= 0.6 is 27.7 Å². The fraction of sp³-hybridized carbons (Fsp3) is 0.571. The van der Waals surface area contributed by atoms with Gasteiger partial charge in [0.25, 0.3) is 0 Å². The molecule has 1 aromatic rings. The van der Waals surface area contributed by atoms with E-state index in [4.69, 9.17) is 0 Å². The van der Waals surface area contributed by atoms with Gasteiger partial charge in [-0.1, -0.05) is 48.7 Å². The summed E-state index contributed by atoms with van der Waals surface area (Å²) in [6.45, 7) is 6.33. The van der Waals surface area contributed by atoms with Gasteiger partial charge in [-0.15, -0.1) is 11.8 Å². The van der Waals surface area contributed by atoms with Crippen molar-refractivity contribution in [1.82, 2.24) is 5.32 Å². The Balaban J connectivity index is 2.44. The molecule has 0 saturated carbocycles. The first-order chi connectivity index (χ1) is 8.27. The van der Waals surface area contributed by atoms with Crippen molar-refractivity contribution in [1.29, 1.82) is 0 Å². The molecule has 1 N–H and O–H groups in total. The first kappa shape index (κ1) is 15.1. The highest BCUT2D eigenvalue weighted by Gasteiger charge is 2.01. The number of rotatable bonds is 8. The number of halogens is 1. The van der Waals surface area contributed by atoms with Gasteiger partial charge in [0.05, 0.1) is 0 Å². The van der Waals surface area contributed by atoms with Crippen LogP contribution in [0.3, 0.4) is 0 Å². The molecule has 0 fully saturated rings. The summed E-state index contributed by atoms with van der Waals surface area (Å²) < 4.78 is 1.22. The van der Waals surface area contributed by atoms with Crippen LogP contribution in [0.1, 0.15) is 38.7 Å². The van der Waals surface area contributed by atoms with E-state index in [0.717, 1.165) is 13.1 Å². The molecule has 1 nitrogen and oxygen atoms in total. The van der Waals surface area contributed by atoms with Crippen LogP contribution in [0.4, 0.5) is 0 Å². The van der Waals surface area contributed by atoms with Crippen molar-refractivity contribution in [2.75, 3.05) is 12.3 Å². The Bertz CT molecular complexity index is 328. The van der Waals surface area contributed by atoms with Crippen molar-refractivity contribution >= 4 is 27.7 Å². The summed E-state index contributed by atoms with van der Waals surface area (Å²) in [7, 11) is 0. The van der Waals surface area contributed by atoms with Gasteiger partial charge in [-0.3, -0.25) is 0 Å². The molecule has 0 amide bonds. The van der Waals surface area contributed by atoms with Crippen LogP contribution in [0, 0.1) is 0 Å². The van der Waals surface area contributed by atoms with E-state index < -0.39 is 0 Å². The lowest BCUT2D eigenvalue weighted by molar-refractivity contribution is 0.724. The average Bonchev–Trinajstić information content (AvgIpc) is 2.34. The number of hydrogen-bond donors (Lipinski definition) is 1. The third-order valence-electron chi connectivity index (χ3n) is 2.61. The topological polar surface area (TPSA) is 12.0 Å². The van der Waals surface area contributed by atoms with Gasteiger partial charge in [0.1, 0.15) is 0 Å². The first-order valence-electron chi connectivity index (χ1n) is 6.39. The molecule has 1 rings (SSSR count). The molecule has 17 heavy (non-hydrogen) atoms. The number of nitrogens with one attached hydrogen (secondary N) is 1. The Morgan fingerprint density at radius 2 is 2.06 bits per heavy atom. The van der Waals surface area contributed by atoms with Crippen LogP contribution < -0.4 is 5.32 Å². The van der Waals surface area contributed by atoms with Gasteiger partial charge in [0, 0.05) is 15.9 Å². The highest BCUT2D eigenvalue weighted by molar-refractivity contribution is 9.10. The lowest BCUT2D eigenvalue weighted by Crippen LogP contribution is -2.11. The Labute approximate surface area is 118 Å². The molecule has 0 saturated heterocycles. The number of benzene rings is 1. The summed E-state index contributed by atoms with van der Waals surface area (Å²) in [6, 6.07) is 6.69. The zero-order valence-corrected chi connectivity index (χ0v) is 13.2. The molecule has 0 unspecified atom stereocenters. The molecule has 96 valence electrons. The smallest absolute Gasteiger partial charge is 0.0231 e. The lowest BCUT2D eigenvalue weighted by atomic mass is 10.2. The van der Waals surface area contributed by atoms with Gasteiger partial charge in [0.15, 0.2) is 0 Å². The van der Waals surface area contributed by atoms with Crippen LogP contribution in [-0.4, -0.2) is 12.3 Å². The summed E-state index contributed by atoms with van der Waals surface area (Å²) in [4.78, 5) is 1.37. The zero-order valence-electron chi connectivity index (χ0n) is 10.8. The normalized spacial score (nSPS) is 10.8. The highest BCUT2D eigenvalue weighted by Crippen LogP contribution is 2.26. The van der Waals surface area contributed by atoms with Crippen molar-refractivity contribution in [2.24, 2.45) is 0 Å². The van der Waals surface area contributed by atoms with Crippen LogP contribution in [0.5, 0.6) is 0 Å². The minimum absolute atomic E-state index is 0.942. The van der Waals surface area contributed by atoms with Gasteiger partial charge in [-0.05, 0) is 36.4 Å². The maximum absolute atomic E-state index is 3.65. The van der Waals surface area contributed by atoms with E-state index in [1.165, 1.54) is 39.9 Å². The van der Waals surface area contributed by atoms with Gasteiger partial charge >= 0.3 is 0 Å². The molecule has 0 aromatic heterocycles. The van der Waals surface area contributed by atoms with Crippen LogP contribution in [0.2, 0.25) is 0 Å². The van der Waals surface area contributed by atoms with E-state index in [-0.39, 0.29) is 0 Å². The van der Waals surface area contributed by atoms with E-state index in [1.807, 2.05) is 11.8 Å². The molecule has 0 aliphatic heterocycles. The second-order valence-electron chi connectivity index (χ2n) is 4.09. The summed E-state index contributed by atoms with van der Waals surface area (Å²) in [5.74, 6) is 1.23. The first-order valence-corrected chi connectivity index (χ1v) is 8.17. The predicted molar refractivity (Wildman–Crippen MR) is 81.8 cm³/mol. The minimum Gasteiger partial charge on any atom is -0.313 e.